The van der Waals surface area contributed by atoms with Crippen molar-refractivity contribution >= 4 is 17.7 Å². The average Bonchev–Trinajstić information content (AvgIpc) is 2.35. The second kappa shape index (κ2) is 6.67. The molecule has 17 heavy (non-hydrogen) atoms. The largest absolute Gasteiger partial charge is 0.395 e. The van der Waals surface area contributed by atoms with E-state index in [0.717, 1.165) is 5.56 Å². The van der Waals surface area contributed by atoms with E-state index < -0.39 is 0 Å². The van der Waals surface area contributed by atoms with E-state index in [9.17, 15) is 4.79 Å². The molecule has 0 saturated carbocycles. The van der Waals surface area contributed by atoms with E-state index in [1.807, 2.05) is 44.2 Å². The van der Waals surface area contributed by atoms with Gasteiger partial charge < -0.3 is 10.4 Å². The van der Waals surface area contributed by atoms with Gasteiger partial charge in [-0.05, 0) is 19.4 Å². The summed E-state index contributed by atoms with van der Waals surface area (Å²) < 4.78 is -0.260. The van der Waals surface area contributed by atoms with Crippen molar-refractivity contribution in [1.29, 1.82) is 0 Å². The third-order valence-electron chi connectivity index (χ3n) is 2.31. The lowest BCUT2D eigenvalue weighted by atomic mass is 10.2. The third kappa shape index (κ3) is 5.75. The number of amides is 1. The molecule has 0 atom stereocenters. The SMILES string of the molecule is CC(C)(CO)SCC(=O)NCc1ccccc1. The zero-order chi connectivity index (χ0) is 12.7. The summed E-state index contributed by atoms with van der Waals surface area (Å²) in [6, 6.07) is 9.80. The molecule has 1 aromatic rings. The Hall–Kier alpha value is -1.00. The molecule has 0 aliphatic rings. The molecule has 0 aromatic heterocycles. The van der Waals surface area contributed by atoms with Crippen LogP contribution in [0.5, 0.6) is 0 Å². The van der Waals surface area contributed by atoms with Crippen molar-refractivity contribution in [3.63, 3.8) is 0 Å². The molecule has 0 aliphatic carbocycles. The minimum atomic E-state index is -0.260. The predicted octanol–water partition coefficient (Wildman–Crippen LogP) is 1.81. The van der Waals surface area contributed by atoms with Gasteiger partial charge in [-0.25, -0.2) is 0 Å². The molecule has 0 unspecified atom stereocenters. The standard InChI is InChI=1S/C13H19NO2S/c1-13(2,10-15)17-9-12(16)14-8-11-6-4-3-5-7-11/h3-7,15H,8-10H2,1-2H3,(H,14,16). The number of aliphatic hydroxyl groups is 1. The van der Waals surface area contributed by atoms with Gasteiger partial charge in [0.05, 0.1) is 12.4 Å². The van der Waals surface area contributed by atoms with E-state index in [-0.39, 0.29) is 17.3 Å². The van der Waals surface area contributed by atoms with Gasteiger partial charge in [0.2, 0.25) is 5.91 Å². The van der Waals surface area contributed by atoms with Gasteiger partial charge in [0.15, 0.2) is 0 Å². The molecule has 0 aliphatic heterocycles. The summed E-state index contributed by atoms with van der Waals surface area (Å²) in [6.07, 6.45) is 0. The van der Waals surface area contributed by atoms with Gasteiger partial charge in [0.25, 0.3) is 0 Å². The van der Waals surface area contributed by atoms with E-state index in [0.29, 0.717) is 12.3 Å². The smallest absolute Gasteiger partial charge is 0.230 e. The monoisotopic (exact) mass is 253 g/mol. The van der Waals surface area contributed by atoms with Crippen LogP contribution >= 0.6 is 11.8 Å². The quantitative estimate of drug-likeness (QED) is 0.813. The van der Waals surface area contributed by atoms with E-state index in [1.54, 1.807) is 0 Å². The van der Waals surface area contributed by atoms with Gasteiger partial charge in [-0.3, -0.25) is 4.79 Å². The lowest BCUT2D eigenvalue weighted by Gasteiger charge is -2.20. The predicted molar refractivity (Wildman–Crippen MR) is 71.9 cm³/mol. The molecule has 0 spiro atoms. The van der Waals surface area contributed by atoms with Crippen LogP contribution in [0.4, 0.5) is 0 Å². The van der Waals surface area contributed by atoms with Gasteiger partial charge >= 0.3 is 0 Å². The van der Waals surface area contributed by atoms with E-state index in [1.165, 1.54) is 11.8 Å². The summed E-state index contributed by atoms with van der Waals surface area (Å²) in [6.45, 7) is 4.47. The Morgan fingerprint density at radius 1 is 1.35 bits per heavy atom. The first-order valence-electron chi connectivity index (χ1n) is 5.59. The first-order chi connectivity index (χ1) is 8.03. The van der Waals surface area contributed by atoms with Crippen LogP contribution in [0.15, 0.2) is 30.3 Å². The number of rotatable bonds is 6. The fourth-order valence-electron chi connectivity index (χ4n) is 1.15. The molecule has 0 saturated heterocycles. The molecule has 1 rings (SSSR count). The maximum absolute atomic E-state index is 11.6. The number of carbonyl (C=O) groups is 1. The Kier molecular flexibility index (Phi) is 5.51. The summed E-state index contributed by atoms with van der Waals surface area (Å²) in [5.41, 5.74) is 1.09. The molecule has 2 N–H and O–H groups in total. The van der Waals surface area contributed by atoms with Gasteiger partial charge in [0, 0.05) is 11.3 Å². The fraction of sp³-hybridized carbons (Fsp3) is 0.462. The van der Waals surface area contributed by atoms with Crippen molar-refractivity contribution in [3.05, 3.63) is 35.9 Å². The molecule has 94 valence electrons. The normalized spacial score (nSPS) is 11.2. The van der Waals surface area contributed by atoms with Crippen LogP contribution in [-0.2, 0) is 11.3 Å². The van der Waals surface area contributed by atoms with Crippen molar-refractivity contribution in [1.82, 2.24) is 5.32 Å². The molecule has 3 nitrogen and oxygen atoms in total. The van der Waals surface area contributed by atoms with Crippen molar-refractivity contribution in [2.45, 2.75) is 25.1 Å². The molecular weight excluding hydrogens is 234 g/mol. The minimum Gasteiger partial charge on any atom is -0.395 e. The minimum absolute atomic E-state index is 0.000350. The number of hydrogen-bond donors (Lipinski definition) is 2. The summed E-state index contributed by atoms with van der Waals surface area (Å²) in [7, 11) is 0. The van der Waals surface area contributed by atoms with Crippen molar-refractivity contribution in [3.8, 4) is 0 Å². The number of thioether (sulfide) groups is 1. The van der Waals surface area contributed by atoms with Gasteiger partial charge in [-0.1, -0.05) is 30.3 Å². The van der Waals surface area contributed by atoms with Crippen LogP contribution in [0, 0.1) is 0 Å². The maximum Gasteiger partial charge on any atom is 0.230 e. The van der Waals surface area contributed by atoms with Gasteiger partial charge in [-0.2, -0.15) is 0 Å². The van der Waals surface area contributed by atoms with Crippen molar-refractivity contribution in [2.24, 2.45) is 0 Å². The zero-order valence-corrected chi connectivity index (χ0v) is 11.1. The fourth-order valence-corrected chi connectivity index (χ4v) is 1.87. The molecule has 1 amide bonds. The summed E-state index contributed by atoms with van der Waals surface area (Å²) >= 11 is 1.46. The molecule has 0 radical (unpaired) electrons. The first-order valence-corrected chi connectivity index (χ1v) is 6.57. The lowest BCUT2D eigenvalue weighted by molar-refractivity contribution is -0.118. The highest BCUT2D eigenvalue weighted by Crippen LogP contribution is 2.22. The summed E-state index contributed by atoms with van der Waals surface area (Å²) in [4.78, 5) is 11.6. The van der Waals surface area contributed by atoms with E-state index in [4.69, 9.17) is 5.11 Å². The van der Waals surface area contributed by atoms with Gasteiger partial charge in [0.1, 0.15) is 0 Å². The Labute approximate surface area is 107 Å². The number of aliphatic hydroxyl groups excluding tert-OH is 1. The second-order valence-electron chi connectivity index (χ2n) is 4.47. The molecule has 1 aromatic carbocycles. The van der Waals surface area contributed by atoms with Crippen LogP contribution in [0.3, 0.4) is 0 Å². The molecular formula is C13H19NO2S. The number of benzene rings is 1. The molecule has 0 bridgehead atoms. The Morgan fingerprint density at radius 2 is 2.00 bits per heavy atom. The van der Waals surface area contributed by atoms with Crippen LogP contribution in [0.1, 0.15) is 19.4 Å². The topological polar surface area (TPSA) is 49.3 Å². The Morgan fingerprint density at radius 3 is 2.59 bits per heavy atom. The highest BCUT2D eigenvalue weighted by atomic mass is 32.2. The lowest BCUT2D eigenvalue weighted by Crippen LogP contribution is -2.28. The van der Waals surface area contributed by atoms with Crippen molar-refractivity contribution < 1.29 is 9.90 Å². The van der Waals surface area contributed by atoms with Crippen LogP contribution in [-0.4, -0.2) is 28.1 Å². The van der Waals surface area contributed by atoms with Crippen LogP contribution in [0.25, 0.3) is 0 Å². The van der Waals surface area contributed by atoms with E-state index >= 15 is 0 Å². The highest BCUT2D eigenvalue weighted by Gasteiger charge is 2.18. The number of carbonyl (C=O) groups excluding carboxylic acids is 1. The zero-order valence-electron chi connectivity index (χ0n) is 10.3. The number of hydrogen-bond acceptors (Lipinski definition) is 3. The first kappa shape index (κ1) is 14.1. The van der Waals surface area contributed by atoms with Gasteiger partial charge in [-0.15, -0.1) is 11.8 Å². The molecule has 4 heteroatoms. The second-order valence-corrected chi connectivity index (χ2v) is 6.15. The summed E-state index contributed by atoms with van der Waals surface area (Å²) in [5, 5.41) is 11.9. The Bertz CT molecular complexity index is 352. The molecule has 0 heterocycles. The van der Waals surface area contributed by atoms with Crippen LogP contribution in [0.2, 0.25) is 0 Å². The Balaban J connectivity index is 2.27. The third-order valence-corrected chi connectivity index (χ3v) is 3.62. The highest BCUT2D eigenvalue weighted by molar-refractivity contribution is 8.01. The summed E-state index contributed by atoms with van der Waals surface area (Å²) in [5.74, 6) is 0.376. The van der Waals surface area contributed by atoms with E-state index in [2.05, 4.69) is 5.32 Å². The maximum atomic E-state index is 11.6. The molecule has 0 fully saturated rings. The average molecular weight is 253 g/mol. The van der Waals surface area contributed by atoms with Crippen molar-refractivity contribution in [2.75, 3.05) is 12.4 Å². The van der Waals surface area contributed by atoms with Crippen LogP contribution < -0.4 is 5.32 Å². The number of nitrogens with one attached hydrogen (secondary N) is 1.